The van der Waals surface area contributed by atoms with Gasteiger partial charge in [-0.05, 0) is 0 Å². The van der Waals surface area contributed by atoms with Crippen LogP contribution in [-0.4, -0.2) is 67.3 Å². The van der Waals surface area contributed by atoms with Gasteiger partial charge in [-0.3, -0.25) is 39.0 Å². The molecule has 2 aliphatic rings. The quantitative estimate of drug-likeness (QED) is 0.320. The summed E-state index contributed by atoms with van der Waals surface area (Å²) in [5, 5.41) is 0.113. The second-order valence-corrected chi connectivity index (χ2v) is 8.63. The van der Waals surface area contributed by atoms with Gasteiger partial charge in [0, 0.05) is 43.6 Å². The van der Waals surface area contributed by atoms with Gasteiger partial charge in [-0.25, -0.2) is 4.79 Å². The van der Waals surface area contributed by atoms with Crippen LogP contribution >= 0.6 is 23.5 Å². The number of nitrogens with zero attached hydrogens (tertiary/aromatic N) is 2. The van der Waals surface area contributed by atoms with Gasteiger partial charge in [-0.15, -0.1) is 5.06 Å². The van der Waals surface area contributed by atoms with Crippen LogP contribution in [0.15, 0.2) is 0 Å². The normalized spacial score (nSPS) is 16.1. The molecule has 2 heterocycles. The summed E-state index contributed by atoms with van der Waals surface area (Å²) in [6.07, 6.45) is -0.739. The highest BCUT2D eigenvalue weighted by Crippen LogP contribution is 2.16. The molecular formula is C17H19N3O9S2. The van der Waals surface area contributed by atoms with Crippen LogP contribution < -0.4 is 5.43 Å². The number of hydroxylamine groups is 2. The van der Waals surface area contributed by atoms with E-state index in [-0.39, 0.29) is 50.0 Å². The van der Waals surface area contributed by atoms with Gasteiger partial charge in [0.1, 0.15) is 0 Å². The maximum absolute atomic E-state index is 11.8. The fourth-order valence-electron chi connectivity index (χ4n) is 2.41. The van der Waals surface area contributed by atoms with Crippen molar-refractivity contribution in [2.75, 3.05) is 11.5 Å². The fraction of sp³-hybridized carbons (Fsp3) is 0.529. The van der Waals surface area contributed by atoms with Gasteiger partial charge in [-0.1, -0.05) is 23.5 Å². The molecule has 2 fully saturated rings. The lowest BCUT2D eigenvalue weighted by Gasteiger charge is -2.14. The highest BCUT2D eigenvalue weighted by atomic mass is 32.2. The van der Waals surface area contributed by atoms with Crippen molar-refractivity contribution in [3.05, 3.63) is 0 Å². The van der Waals surface area contributed by atoms with Crippen LogP contribution in [0.25, 0.3) is 0 Å². The van der Waals surface area contributed by atoms with Gasteiger partial charge in [0.25, 0.3) is 11.8 Å². The zero-order valence-electron chi connectivity index (χ0n) is 16.2. The van der Waals surface area contributed by atoms with Crippen molar-refractivity contribution in [1.29, 1.82) is 0 Å². The third-order valence-electron chi connectivity index (χ3n) is 3.94. The number of carbonyl (C=O) groups is 8. The summed E-state index contributed by atoms with van der Waals surface area (Å²) in [7, 11) is 0. The van der Waals surface area contributed by atoms with Crippen molar-refractivity contribution >= 4 is 69.3 Å². The van der Waals surface area contributed by atoms with Gasteiger partial charge in [0.15, 0.2) is 10.2 Å². The van der Waals surface area contributed by atoms with Gasteiger partial charge in [0.05, 0.1) is 12.8 Å². The molecular weight excluding hydrogens is 454 g/mol. The Balaban J connectivity index is 1.56. The first kappa shape index (κ1) is 24.5. The summed E-state index contributed by atoms with van der Waals surface area (Å²) in [4.78, 5) is 97.0. The van der Waals surface area contributed by atoms with E-state index in [9.17, 15) is 38.4 Å². The third kappa shape index (κ3) is 7.79. The molecule has 12 nitrogen and oxygen atoms in total. The highest BCUT2D eigenvalue weighted by molar-refractivity contribution is 8.15. The summed E-state index contributed by atoms with van der Waals surface area (Å²) in [6, 6.07) is 0. The number of amides is 5. The van der Waals surface area contributed by atoms with E-state index < -0.39 is 52.2 Å². The number of nitrogens with one attached hydrogen (secondary N) is 1. The highest BCUT2D eigenvalue weighted by Gasteiger charge is 2.33. The van der Waals surface area contributed by atoms with E-state index in [2.05, 4.69) is 10.3 Å². The number of hydrazine groups is 1. The fourth-order valence-corrected chi connectivity index (χ4v) is 3.98. The SMILES string of the molecule is O=C(CCSC(=O)CC(=O)SCCC(=O)ON1C(=O)CCC1=O)NN1C(=O)CCC1=O. The van der Waals surface area contributed by atoms with Crippen LogP contribution in [0.4, 0.5) is 0 Å². The van der Waals surface area contributed by atoms with E-state index in [1.165, 1.54) is 0 Å². The molecule has 0 atom stereocenters. The van der Waals surface area contributed by atoms with E-state index in [1.54, 1.807) is 0 Å². The molecule has 0 saturated carbocycles. The number of imide groups is 2. The van der Waals surface area contributed by atoms with Crippen molar-refractivity contribution in [3.63, 3.8) is 0 Å². The molecule has 0 aromatic rings. The molecule has 0 aromatic heterocycles. The lowest BCUT2D eigenvalue weighted by Crippen LogP contribution is -2.45. The molecule has 31 heavy (non-hydrogen) atoms. The first-order valence-corrected chi connectivity index (χ1v) is 11.2. The Kier molecular flexibility index (Phi) is 9.18. The molecule has 0 radical (unpaired) electrons. The molecule has 0 bridgehead atoms. The predicted molar refractivity (Wildman–Crippen MR) is 105 cm³/mol. The minimum absolute atomic E-state index is 0.00608. The van der Waals surface area contributed by atoms with Crippen LogP contribution in [0, 0.1) is 0 Å². The topological polar surface area (TPSA) is 164 Å². The lowest BCUT2D eigenvalue weighted by molar-refractivity contribution is -0.197. The Morgan fingerprint density at radius 3 is 1.81 bits per heavy atom. The molecule has 14 heteroatoms. The number of carbonyl (C=O) groups excluding carboxylic acids is 8. The van der Waals surface area contributed by atoms with Gasteiger partial charge in [-0.2, -0.15) is 5.01 Å². The van der Waals surface area contributed by atoms with Gasteiger partial charge in [0.2, 0.25) is 17.7 Å². The first-order valence-electron chi connectivity index (χ1n) is 9.20. The van der Waals surface area contributed by atoms with Crippen LogP contribution in [0.1, 0.15) is 44.9 Å². The lowest BCUT2D eigenvalue weighted by atomic mass is 10.4. The number of thioether (sulfide) groups is 2. The first-order chi connectivity index (χ1) is 14.7. The number of hydrogen-bond acceptors (Lipinski definition) is 11. The average Bonchev–Trinajstić information content (AvgIpc) is 3.18. The van der Waals surface area contributed by atoms with Gasteiger partial charge >= 0.3 is 5.97 Å². The van der Waals surface area contributed by atoms with E-state index in [0.717, 1.165) is 23.5 Å². The van der Waals surface area contributed by atoms with E-state index in [1.807, 2.05) is 0 Å². The van der Waals surface area contributed by atoms with Crippen molar-refractivity contribution in [2.24, 2.45) is 0 Å². The second-order valence-electron chi connectivity index (χ2n) is 6.32. The zero-order valence-corrected chi connectivity index (χ0v) is 17.9. The summed E-state index contributed by atoms with van der Waals surface area (Å²) in [5.74, 6) is -3.56. The van der Waals surface area contributed by atoms with Crippen molar-refractivity contribution in [2.45, 2.75) is 44.9 Å². The third-order valence-corrected chi connectivity index (χ3v) is 5.69. The number of hydrogen-bond donors (Lipinski definition) is 1. The van der Waals surface area contributed by atoms with Gasteiger partial charge < -0.3 is 4.84 Å². The van der Waals surface area contributed by atoms with Crippen LogP contribution in [-0.2, 0) is 43.2 Å². The van der Waals surface area contributed by atoms with E-state index in [0.29, 0.717) is 10.1 Å². The van der Waals surface area contributed by atoms with E-state index in [4.69, 9.17) is 0 Å². The minimum Gasteiger partial charge on any atom is -0.330 e. The van der Waals surface area contributed by atoms with E-state index >= 15 is 0 Å². The summed E-state index contributed by atoms with van der Waals surface area (Å²) in [5.41, 5.74) is 2.17. The summed E-state index contributed by atoms with van der Waals surface area (Å²) >= 11 is 1.49. The summed E-state index contributed by atoms with van der Waals surface area (Å²) < 4.78 is 0. The minimum atomic E-state index is -0.842. The molecule has 0 aromatic carbocycles. The maximum Gasteiger partial charge on any atom is 0.334 e. The Hall–Kier alpha value is -2.74. The Morgan fingerprint density at radius 2 is 1.26 bits per heavy atom. The van der Waals surface area contributed by atoms with Crippen LogP contribution in [0.3, 0.4) is 0 Å². The van der Waals surface area contributed by atoms with Crippen molar-refractivity contribution in [3.8, 4) is 0 Å². The second kappa shape index (κ2) is 11.6. The Morgan fingerprint density at radius 1 is 0.774 bits per heavy atom. The molecule has 2 aliphatic heterocycles. The monoisotopic (exact) mass is 473 g/mol. The van der Waals surface area contributed by atoms with Crippen LogP contribution in [0.2, 0.25) is 0 Å². The summed E-state index contributed by atoms with van der Waals surface area (Å²) in [6.45, 7) is 0. The van der Waals surface area contributed by atoms with Crippen molar-refractivity contribution in [1.82, 2.24) is 15.5 Å². The molecule has 0 spiro atoms. The Labute approximate surface area is 184 Å². The predicted octanol–water partition coefficient (Wildman–Crippen LogP) is -0.536. The number of rotatable bonds is 10. The molecule has 1 N–H and O–H groups in total. The molecule has 0 aliphatic carbocycles. The largest absolute Gasteiger partial charge is 0.334 e. The maximum atomic E-state index is 11.8. The molecule has 2 saturated heterocycles. The standard InChI is InChI=1S/C17H19N3O9S2/c21-10(18-19-11(22)1-2-12(19)23)5-7-30-16(27)9-17(28)31-8-6-15(26)29-20-13(24)3-4-14(20)25/h1-9H2,(H,18,21). The zero-order chi connectivity index (χ0) is 23.0. The molecule has 2 rings (SSSR count). The molecule has 0 unspecified atom stereocenters. The average molecular weight is 473 g/mol. The Bertz CT molecular complexity index is 732. The van der Waals surface area contributed by atoms with Crippen LogP contribution in [0.5, 0.6) is 0 Å². The smallest absolute Gasteiger partial charge is 0.330 e. The molecule has 168 valence electrons. The molecule has 5 amide bonds. The van der Waals surface area contributed by atoms with Crippen molar-refractivity contribution < 1.29 is 43.2 Å².